The van der Waals surface area contributed by atoms with Gasteiger partial charge in [0.1, 0.15) is 0 Å². The Balaban J connectivity index is 3.88. The summed E-state index contributed by atoms with van der Waals surface area (Å²) in [5.74, 6) is -0.0684. The molecule has 0 aliphatic heterocycles. The van der Waals surface area contributed by atoms with E-state index in [1.54, 1.807) is 0 Å². The van der Waals surface area contributed by atoms with E-state index in [0.717, 1.165) is 6.42 Å². The molecule has 84 valence electrons. The van der Waals surface area contributed by atoms with E-state index in [2.05, 4.69) is 20.8 Å². The first-order valence-corrected chi connectivity index (χ1v) is 5.57. The lowest BCUT2D eigenvalue weighted by Gasteiger charge is -2.23. The molecule has 0 saturated heterocycles. The molecule has 0 rings (SSSR count). The summed E-state index contributed by atoms with van der Waals surface area (Å²) >= 11 is 0. The largest absolute Gasteiger partial charge is 0.463 e. The van der Waals surface area contributed by atoms with E-state index >= 15 is 0 Å². The Morgan fingerprint density at radius 3 is 2.36 bits per heavy atom. The fourth-order valence-corrected chi connectivity index (χ4v) is 1.44. The van der Waals surface area contributed by atoms with Gasteiger partial charge in [0.15, 0.2) is 0 Å². The van der Waals surface area contributed by atoms with Crippen LogP contribution in [0.4, 0.5) is 0 Å². The first-order valence-electron chi connectivity index (χ1n) is 5.57. The number of hydrogen-bond donors (Lipinski definition) is 0. The molecule has 0 aromatic carbocycles. The quantitative estimate of drug-likeness (QED) is 0.613. The van der Waals surface area contributed by atoms with Crippen molar-refractivity contribution in [3.05, 3.63) is 0 Å². The number of hydrogen-bond acceptors (Lipinski definition) is 2. The molecule has 0 N–H and O–H groups in total. The smallest absolute Gasteiger partial charge is 0.306 e. The van der Waals surface area contributed by atoms with Crippen molar-refractivity contribution >= 4 is 5.97 Å². The third-order valence-electron chi connectivity index (χ3n) is 2.20. The highest BCUT2D eigenvalue weighted by atomic mass is 16.5. The molecule has 0 aliphatic carbocycles. The van der Waals surface area contributed by atoms with Crippen LogP contribution < -0.4 is 0 Å². The minimum Gasteiger partial charge on any atom is -0.463 e. The number of unbranched alkanes of at least 4 members (excludes halogenated alkanes) is 1. The second-order valence-electron chi connectivity index (χ2n) is 4.98. The van der Waals surface area contributed by atoms with Crippen molar-refractivity contribution in [1.29, 1.82) is 0 Å². The van der Waals surface area contributed by atoms with Gasteiger partial charge in [-0.3, -0.25) is 4.79 Å². The van der Waals surface area contributed by atoms with Crippen molar-refractivity contribution in [2.24, 2.45) is 5.41 Å². The standard InChI is InChI=1S/C12H24O2/c1-6-7-8-12(4,5)9-11(13)14-10(2)3/h10H,6-9H2,1-5H3. The number of rotatable bonds is 6. The van der Waals surface area contributed by atoms with E-state index in [9.17, 15) is 4.79 Å². The van der Waals surface area contributed by atoms with E-state index in [-0.39, 0.29) is 17.5 Å². The summed E-state index contributed by atoms with van der Waals surface area (Å²) in [6, 6.07) is 0. The van der Waals surface area contributed by atoms with E-state index in [1.807, 2.05) is 13.8 Å². The monoisotopic (exact) mass is 200 g/mol. The lowest BCUT2D eigenvalue weighted by molar-refractivity contribution is -0.149. The molecule has 0 fully saturated rings. The van der Waals surface area contributed by atoms with Crippen LogP contribution in [-0.4, -0.2) is 12.1 Å². The van der Waals surface area contributed by atoms with Gasteiger partial charge in [-0.1, -0.05) is 33.6 Å². The fourth-order valence-electron chi connectivity index (χ4n) is 1.44. The zero-order valence-corrected chi connectivity index (χ0v) is 10.2. The van der Waals surface area contributed by atoms with Crippen LogP contribution in [0, 0.1) is 5.41 Å². The van der Waals surface area contributed by atoms with Crippen molar-refractivity contribution in [2.75, 3.05) is 0 Å². The van der Waals surface area contributed by atoms with E-state index in [0.29, 0.717) is 6.42 Å². The maximum atomic E-state index is 11.4. The van der Waals surface area contributed by atoms with Crippen LogP contribution in [0.5, 0.6) is 0 Å². The summed E-state index contributed by atoms with van der Waals surface area (Å²) in [5.41, 5.74) is 0.0853. The highest BCUT2D eigenvalue weighted by Crippen LogP contribution is 2.27. The normalized spacial score (nSPS) is 11.9. The summed E-state index contributed by atoms with van der Waals surface area (Å²) in [6.07, 6.45) is 4.00. The lowest BCUT2D eigenvalue weighted by atomic mass is 9.84. The summed E-state index contributed by atoms with van der Waals surface area (Å²) in [4.78, 5) is 11.4. The van der Waals surface area contributed by atoms with Gasteiger partial charge in [-0.2, -0.15) is 0 Å². The lowest BCUT2D eigenvalue weighted by Crippen LogP contribution is -2.21. The van der Waals surface area contributed by atoms with E-state index in [1.165, 1.54) is 12.8 Å². The van der Waals surface area contributed by atoms with E-state index < -0.39 is 0 Å². The van der Waals surface area contributed by atoms with Crippen molar-refractivity contribution in [3.8, 4) is 0 Å². The van der Waals surface area contributed by atoms with Gasteiger partial charge in [-0.25, -0.2) is 0 Å². The topological polar surface area (TPSA) is 26.3 Å². The SMILES string of the molecule is CCCCC(C)(C)CC(=O)OC(C)C. The fraction of sp³-hybridized carbons (Fsp3) is 0.917. The van der Waals surface area contributed by atoms with Crippen LogP contribution in [0.15, 0.2) is 0 Å². The highest BCUT2D eigenvalue weighted by molar-refractivity contribution is 5.70. The first-order chi connectivity index (χ1) is 6.37. The van der Waals surface area contributed by atoms with Gasteiger partial charge in [0.2, 0.25) is 0 Å². The Bertz CT molecular complexity index is 171. The van der Waals surface area contributed by atoms with Gasteiger partial charge in [-0.05, 0) is 25.7 Å². The molecular weight excluding hydrogens is 176 g/mol. The molecule has 0 atom stereocenters. The molecule has 0 aromatic heterocycles. The van der Waals surface area contributed by atoms with E-state index in [4.69, 9.17) is 4.74 Å². The van der Waals surface area contributed by atoms with Crippen molar-refractivity contribution in [3.63, 3.8) is 0 Å². The van der Waals surface area contributed by atoms with Gasteiger partial charge in [0.25, 0.3) is 0 Å². The predicted octanol–water partition coefficient (Wildman–Crippen LogP) is 3.54. The van der Waals surface area contributed by atoms with Crippen molar-refractivity contribution < 1.29 is 9.53 Å². The summed E-state index contributed by atoms with van der Waals surface area (Å²) in [7, 11) is 0. The van der Waals surface area contributed by atoms with Gasteiger partial charge in [0.05, 0.1) is 12.5 Å². The molecule has 0 saturated carbocycles. The molecule has 2 nitrogen and oxygen atoms in total. The Morgan fingerprint density at radius 2 is 1.93 bits per heavy atom. The zero-order chi connectivity index (χ0) is 11.2. The van der Waals surface area contributed by atoms with Crippen LogP contribution in [0.2, 0.25) is 0 Å². The van der Waals surface area contributed by atoms with Crippen molar-refractivity contribution in [1.82, 2.24) is 0 Å². The van der Waals surface area contributed by atoms with Crippen LogP contribution in [0.25, 0.3) is 0 Å². The minimum absolute atomic E-state index is 0.00414. The molecule has 0 amide bonds. The Labute approximate surface area is 88.0 Å². The average Bonchev–Trinajstić information content (AvgIpc) is 1.98. The predicted molar refractivity (Wildman–Crippen MR) is 59.2 cm³/mol. The van der Waals surface area contributed by atoms with Gasteiger partial charge < -0.3 is 4.74 Å². The van der Waals surface area contributed by atoms with Gasteiger partial charge in [-0.15, -0.1) is 0 Å². The highest BCUT2D eigenvalue weighted by Gasteiger charge is 2.22. The zero-order valence-electron chi connectivity index (χ0n) is 10.2. The number of ether oxygens (including phenoxy) is 1. The Morgan fingerprint density at radius 1 is 1.36 bits per heavy atom. The second-order valence-corrected chi connectivity index (χ2v) is 4.98. The summed E-state index contributed by atoms with van der Waals surface area (Å²) in [5, 5.41) is 0. The Kier molecular flexibility index (Phi) is 5.82. The number of esters is 1. The maximum Gasteiger partial charge on any atom is 0.306 e. The number of carbonyl (C=O) groups excluding carboxylic acids is 1. The molecule has 0 spiro atoms. The molecule has 14 heavy (non-hydrogen) atoms. The summed E-state index contributed by atoms with van der Waals surface area (Å²) in [6.45, 7) is 10.2. The minimum atomic E-state index is -0.0684. The molecule has 0 aromatic rings. The maximum absolute atomic E-state index is 11.4. The third-order valence-corrected chi connectivity index (χ3v) is 2.20. The van der Waals surface area contributed by atoms with Gasteiger partial charge >= 0.3 is 5.97 Å². The van der Waals surface area contributed by atoms with Crippen LogP contribution in [0.1, 0.15) is 60.3 Å². The average molecular weight is 200 g/mol. The first kappa shape index (κ1) is 13.5. The molecular formula is C12H24O2. The third kappa shape index (κ3) is 6.93. The molecule has 0 radical (unpaired) electrons. The summed E-state index contributed by atoms with van der Waals surface area (Å²) < 4.78 is 5.13. The Hall–Kier alpha value is -0.530. The molecule has 0 bridgehead atoms. The second kappa shape index (κ2) is 6.05. The van der Waals surface area contributed by atoms with Crippen molar-refractivity contribution in [2.45, 2.75) is 66.4 Å². The molecule has 2 heteroatoms. The molecule has 0 unspecified atom stereocenters. The van der Waals surface area contributed by atoms with Crippen LogP contribution in [0.3, 0.4) is 0 Å². The molecule has 0 heterocycles. The van der Waals surface area contributed by atoms with Gasteiger partial charge in [0, 0.05) is 0 Å². The molecule has 0 aliphatic rings. The van der Waals surface area contributed by atoms with Crippen LogP contribution in [-0.2, 0) is 9.53 Å². The van der Waals surface area contributed by atoms with Crippen LogP contribution >= 0.6 is 0 Å². The number of carbonyl (C=O) groups is 1.